The van der Waals surface area contributed by atoms with Crippen LogP contribution in [0, 0.1) is 0 Å². The van der Waals surface area contributed by atoms with E-state index >= 15 is 0 Å². The number of aromatic nitrogens is 4. The highest BCUT2D eigenvalue weighted by Crippen LogP contribution is 2.48. The van der Waals surface area contributed by atoms with Gasteiger partial charge in [0.05, 0.1) is 26.1 Å². The summed E-state index contributed by atoms with van der Waals surface area (Å²) < 4.78 is 50.8. The molecule has 1 fully saturated rings. The summed E-state index contributed by atoms with van der Waals surface area (Å²) in [5.74, 6) is -0.348. The van der Waals surface area contributed by atoms with E-state index in [2.05, 4.69) is 20.0 Å². The number of fused-ring (bicyclic) bond motifs is 4. The Kier molecular flexibility index (Phi) is 10.6. The maximum Gasteiger partial charge on any atom is 0.459 e. The monoisotopic (exact) mass is 700 g/mol. The van der Waals surface area contributed by atoms with Crippen molar-refractivity contribution in [3.05, 3.63) is 48.8 Å². The average Bonchev–Trinajstić information content (AvgIpc) is 3.59. The number of nitrogen functional groups attached to an aromatic ring is 1. The fraction of sp³-hybridized carbons (Fsp3) is 0.500. The van der Waals surface area contributed by atoms with Crippen molar-refractivity contribution in [2.75, 3.05) is 38.8 Å². The number of nitrogens with zero attached hydrogens (tertiary/aromatic N) is 4. The van der Waals surface area contributed by atoms with Crippen molar-refractivity contribution in [1.82, 2.24) is 24.6 Å². The lowest BCUT2D eigenvalue weighted by molar-refractivity contribution is -0.145. The molecule has 0 amide bonds. The van der Waals surface area contributed by atoms with Crippen LogP contribution < -0.4 is 20.1 Å². The molecule has 49 heavy (non-hydrogen) atoms. The molecule has 2 aliphatic rings. The highest BCUT2D eigenvalue weighted by Gasteiger charge is 2.54. The summed E-state index contributed by atoms with van der Waals surface area (Å²) in [7, 11) is -4.38. The molecule has 5 N–H and O–H groups in total. The molecule has 2 aromatic carbocycles. The van der Waals surface area contributed by atoms with E-state index in [9.17, 15) is 19.6 Å². The molecule has 16 nitrogen and oxygen atoms in total. The van der Waals surface area contributed by atoms with Crippen molar-refractivity contribution in [3.8, 4) is 11.6 Å². The molecule has 6 atom stereocenters. The van der Waals surface area contributed by atoms with Gasteiger partial charge in [-0.1, -0.05) is 36.4 Å². The lowest BCUT2D eigenvalue weighted by Gasteiger charge is -2.27. The Morgan fingerprint density at radius 1 is 1.04 bits per heavy atom. The molecule has 1 saturated heterocycles. The largest absolute Gasteiger partial charge is 0.476 e. The van der Waals surface area contributed by atoms with Gasteiger partial charge in [-0.05, 0) is 44.6 Å². The Balaban J connectivity index is 1.30. The number of imidazole rings is 1. The highest BCUT2D eigenvalue weighted by atomic mass is 31.2. The van der Waals surface area contributed by atoms with E-state index < -0.39 is 50.4 Å². The number of esters is 1. The highest BCUT2D eigenvalue weighted by molar-refractivity contribution is 7.52. The smallest absolute Gasteiger partial charge is 0.459 e. The molecule has 2 aliphatic heterocycles. The lowest BCUT2D eigenvalue weighted by atomic mass is 9.96. The van der Waals surface area contributed by atoms with Gasteiger partial charge < -0.3 is 39.4 Å². The number of nitrogens with one attached hydrogen (secondary N) is 1. The third kappa shape index (κ3) is 7.80. The van der Waals surface area contributed by atoms with E-state index in [1.54, 1.807) is 18.2 Å². The molecule has 264 valence electrons. The summed E-state index contributed by atoms with van der Waals surface area (Å²) >= 11 is 0. The topological polar surface area (TPSA) is 212 Å². The molecular weight excluding hydrogens is 659 g/mol. The molecule has 0 aliphatic carbocycles. The van der Waals surface area contributed by atoms with Gasteiger partial charge in [-0.2, -0.15) is 15.1 Å². The number of carbonyl (C=O) groups is 1. The number of hydrogen-bond acceptors (Lipinski definition) is 14. The Bertz CT molecular complexity index is 1820. The van der Waals surface area contributed by atoms with Crippen LogP contribution in [0.25, 0.3) is 21.9 Å². The van der Waals surface area contributed by atoms with Gasteiger partial charge >= 0.3 is 13.7 Å². The number of aliphatic hydroxyl groups is 2. The lowest BCUT2D eigenvalue weighted by Crippen LogP contribution is -2.44. The number of ether oxygens (including phenoxy) is 4. The first-order valence-electron chi connectivity index (χ1n) is 16.2. The predicted octanol–water partition coefficient (Wildman–Crippen LogP) is 3.27. The van der Waals surface area contributed by atoms with E-state index in [0.29, 0.717) is 37.1 Å². The number of rotatable bonds is 2. The first-order chi connectivity index (χ1) is 23.6. The van der Waals surface area contributed by atoms with Crippen LogP contribution in [0.3, 0.4) is 0 Å². The van der Waals surface area contributed by atoms with Crippen LogP contribution in [0.5, 0.6) is 11.6 Å². The molecule has 17 heteroatoms. The summed E-state index contributed by atoms with van der Waals surface area (Å²) in [5.41, 5.74) is 4.61. The summed E-state index contributed by atoms with van der Waals surface area (Å²) in [4.78, 5) is 25.8. The Morgan fingerprint density at radius 2 is 1.80 bits per heavy atom. The number of anilines is 1. The maximum absolute atomic E-state index is 14.4. The van der Waals surface area contributed by atoms with E-state index in [-0.39, 0.29) is 29.8 Å². The van der Waals surface area contributed by atoms with E-state index in [1.165, 1.54) is 24.7 Å². The van der Waals surface area contributed by atoms with Crippen molar-refractivity contribution < 1.29 is 47.6 Å². The van der Waals surface area contributed by atoms with E-state index in [1.807, 2.05) is 24.3 Å². The van der Waals surface area contributed by atoms with Gasteiger partial charge in [-0.3, -0.25) is 13.9 Å². The molecule has 0 spiro atoms. The fourth-order valence-electron chi connectivity index (χ4n) is 5.73. The van der Waals surface area contributed by atoms with Crippen LogP contribution in [0.2, 0.25) is 0 Å². The number of nitrogens with two attached hydrogens (primary N) is 1. The molecule has 2 aromatic heterocycles. The molecule has 3 unspecified atom stereocenters. The van der Waals surface area contributed by atoms with Gasteiger partial charge in [0.25, 0.3) is 0 Å². The molecule has 6 rings (SSSR count). The number of hydrogen-bond donors (Lipinski definition) is 4. The van der Waals surface area contributed by atoms with Crippen LogP contribution >= 0.6 is 7.75 Å². The van der Waals surface area contributed by atoms with Gasteiger partial charge in [0.15, 0.2) is 17.4 Å². The second kappa shape index (κ2) is 14.9. The minimum atomic E-state index is -4.38. The van der Waals surface area contributed by atoms with Crippen molar-refractivity contribution >= 4 is 41.6 Å². The fourth-order valence-corrected chi connectivity index (χ4v) is 7.25. The quantitative estimate of drug-likeness (QED) is 0.175. The average molecular weight is 701 g/mol. The maximum atomic E-state index is 14.4. The number of cyclic esters (lactones) is 1. The number of carbonyl (C=O) groups excluding carboxylic acids is 1. The Morgan fingerprint density at radius 3 is 2.65 bits per heavy atom. The van der Waals surface area contributed by atoms with Gasteiger partial charge in [-0.25, -0.2) is 9.55 Å². The third-order valence-corrected chi connectivity index (χ3v) is 9.97. The normalized spacial score (nSPS) is 29.7. The predicted molar refractivity (Wildman–Crippen MR) is 177 cm³/mol. The molecule has 6 bridgehead atoms. The second-order valence-corrected chi connectivity index (χ2v) is 13.9. The van der Waals surface area contributed by atoms with Crippen LogP contribution in [0.15, 0.2) is 48.8 Å². The molecule has 4 aromatic rings. The molecule has 4 heterocycles. The molecule has 0 radical (unpaired) electrons. The van der Waals surface area contributed by atoms with Crippen LogP contribution in [0.4, 0.5) is 5.95 Å². The minimum absolute atomic E-state index is 0.0811. The zero-order chi connectivity index (χ0) is 34.6. The summed E-state index contributed by atoms with van der Waals surface area (Å²) in [6.07, 6.45) is 0.220. The van der Waals surface area contributed by atoms with Crippen LogP contribution in [0.1, 0.15) is 45.8 Å². The Labute approximate surface area is 282 Å². The molecular formula is C32H41N6O10P. The first-order valence-corrected chi connectivity index (χ1v) is 17.7. The zero-order valence-electron chi connectivity index (χ0n) is 27.3. The summed E-state index contributed by atoms with van der Waals surface area (Å²) in [5, 5.41) is 26.9. The molecule has 0 saturated carbocycles. The third-order valence-electron chi connectivity index (χ3n) is 8.35. The van der Waals surface area contributed by atoms with Gasteiger partial charge in [0, 0.05) is 25.0 Å². The number of aliphatic hydroxyl groups excluding tert-OH is 1. The zero-order valence-corrected chi connectivity index (χ0v) is 28.2. The first kappa shape index (κ1) is 35.0. The van der Waals surface area contributed by atoms with Crippen LogP contribution in [-0.4, -0.2) is 92.6 Å². The van der Waals surface area contributed by atoms with Crippen molar-refractivity contribution in [1.29, 1.82) is 0 Å². The van der Waals surface area contributed by atoms with E-state index in [4.69, 9.17) is 33.7 Å². The SMILES string of the molecule is C[C@@H]1NP(=O)(Oc2cccc3ccccc23)OCC2OC(n3cnc4c(nc(N)nc43)OCCCCCOCCCOC1=O)[C@](C)(O)[C@@H]2O. The van der Waals surface area contributed by atoms with Crippen molar-refractivity contribution in [2.45, 2.75) is 69.6 Å². The minimum Gasteiger partial charge on any atom is -0.476 e. The van der Waals surface area contributed by atoms with Crippen LogP contribution in [-0.2, 0) is 28.1 Å². The van der Waals surface area contributed by atoms with Gasteiger partial charge in [0.1, 0.15) is 29.6 Å². The van der Waals surface area contributed by atoms with Crippen molar-refractivity contribution in [3.63, 3.8) is 0 Å². The Hall–Kier alpha value is -3.89. The summed E-state index contributed by atoms with van der Waals surface area (Å²) in [6, 6.07) is 11.4. The van der Waals surface area contributed by atoms with E-state index in [0.717, 1.165) is 24.6 Å². The number of benzene rings is 2. The van der Waals surface area contributed by atoms with Crippen molar-refractivity contribution in [2.24, 2.45) is 0 Å². The van der Waals surface area contributed by atoms with Gasteiger partial charge in [-0.15, -0.1) is 0 Å². The standard InChI is InChI=1S/C32H41N6O10P/c1-20-29(40)45-17-9-15-43-14-6-3-7-16-44-28-25-27(35-31(33)36-28)38(19-34-25)30-32(2,41)26(39)24(47-30)18-46-49(42,37-20)48-23-13-8-11-21-10-4-5-12-22(21)23/h4-5,8,10-13,19-20,24,26,30,39,41H,3,6-7,9,14-18H2,1-2H3,(H,37,42)(H2,33,35,36)/t20-,24?,26+,30?,32+,49?/m0/s1. The summed E-state index contributed by atoms with van der Waals surface area (Å²) in [6.45, 7) is 3.71. The second-order valence-electron chi connectivity index (χ2n) is 12.2. The van der Waals surface area contributed by atoms with Gasteiger partial charge in [0.2, 0.25) is 11.8 Å².